The number of nitrogens with two attached hydrogens (primary N) is 6. The molecule has 4 rings (SSSR count). The van der Waals surface area contributed by atoms with Crippen molar-refractivity contribution >= 4 is 0 Å². The number of aliphatic hydroxyl groups is 7. The molecule has 3 saturated heterocycles. The van der Waals surface area contributed by atoms with Gasteiger partial charge >= 0.3 is 0 Å². The fourth-order valence-corrected chi connectivity index (χ4v) is 5.74. The molecule has 0 aromatic heterocycles. The van der Waals surface area contributed by atoms with Crippen LogP contribution < -0.4 is 34.4 Å². The molecule has 0 aromatic carbocycles. The summed E-state index contributed by atoms with van der Waals surface area (Å²) in [5, 5.41) is 73.0. The first kappa shape index (κ1) is 34.1. The van der Waals surface area contributed by atoms with Crippen LogP contribution >= 0.6 is 0 Å². The first-order valence-electron chi connectivity index (χ1n) is 13.9. The molecule has 0 amide bonds. The monoisotopic (exact) mass is 614 g/mol. The summed E-state index contributed by atoms with van der Waals surface area (Å²) in [5.74, 6) is 0. The minimum Gasteiger partial charge on any atom is -0.394 e. The van der Waals surface area contributed by atoms with Crippen LogP contribution in [0.15, 0.2) is 0 Å². The topological polar surface area (TPSA) is 353 Å². The molecule has 4 aliphatic rings. The lowest BCUT2D eigenvalue weighted by molar-refractivity contribution is -0.306. The van der Waals surface area contributed by atoms with E-state index in [-0.39, 0.29) is 19.5 Å². The molecule has 3 heterocycles. The molecule has 19 atom stereocenters. The van der Waals surface area contributed by atoms with Gasteiger partial charge in [0.05, 0.1) is 24.8 Å². The number of aliphatic hydroxyl groups excluding tert-OH is 7. The molecule has 19 N–H and O–H groups in total. The van der Waals surface area contributed by atoms with Crippen LogP contribution in [0.1, 0.15) is 6.42 Å². The van der Waals surface area contributed by atoms with Gasteiger partial charge < -0.3 is 98.6 Å². The highest BCUT2D eigenvalue weighted by atomic mass is 16.8. The summed E-state index contributed by atoms with van der Waals surface area (Å²) >= 11 is 0. The first-order chi connectivity index (χ1) is 19.8. The summed E-state index contributed by atoms with van der Waals surface area (Å²) in [6, 6.07) is -4.18. The van der Waals surface area contributed by atoms with Crippen LogP contribution in [-0.4, -0.2) is 172 Å². The summed E-state index contributed by atoms with van der Waals surface area (Å²) in [4.78, 5) is 0. The fraction of sp³-hybridized carbons (Fsp3) is 1.00. The number of hydrogen-bond acceptors (Lipinski definition) is 19. The zero-order valence-electron chi connectivity index (χ0n) is 22.8. The maximum Gasteiger partial charge on any atom is 0.187 e. The molecule has 0 unspecified atom stereocenters. The lowest BCUT2D eigenvalue weighted by Gasteiger charge is -2.47. The van der Waals surface area contributed by atoms with E-state index < -0.39 is 123 Å². The third-order valence-electron chi connectivity index (χ3n) is 8.37. The third-order valence-corrected chi connectivity index (χ3v) is 8.37. The normalized spacial score (nSPS) is 53.8. The molecule has 1 saturated carbocycles. The van der Waals surface area contributed by atoms with Crippen molar-refractivity contribution in [2.45, 2.75) is 123 Å². The van der Waals surface area contributed by atoms with Crippen LogP contribution in [0, 0.1) is 0 Å². The molecule has 3 aliphatic heterocycles. The molecule has 0 aromatic rings. The molecular formula is C23H46N6O13. The van der Waals surface area contributed by atoms with E-state index in [1.165, 1.54) is 0 Å². The van der Waals surface area contributed by atoms with Crippen molar-refractivity contribution < 1.29 is 64.2 Å². The van der Waals surface area contributed by atoms with Gasteiger partial charge in [-0.25, -0.2) is 0 Å². The quantitative estimate of drug-likeness (QED) is 0.115. The SMILES string of the molecule is NC[C@@H]1O[C@@H](O[C@H]2[C@@H](O)[C@H](O[C@@H]3[C@@H](O)[C@H](N)C[C@H](N)[C@H]3O[C@H]3O[C@H](CN)[C@@H](O)[C@H](O)[C@H]3N)O[C@@H]2CO)[C@@H](N)[C@H](O)[C@H]1O. The van der Waals surface area contributed by atoms with E-state index in [2.05, 4.69) is 0 Å². The average Bonchev–Trinajstić information content (AvgIpc) is 3.27. The van der Waals surface area contributed by atoms with Crippen molar-refractivity contribution in [3.63, 3.8) is 0 Å². The minimum atomic E-state index is -1.60. The van der Waals surface area contributed by atoms with E-state index in [4.69, 9.17) is 62.8 Å². The molecule has 19 heteroatoms. The van der Waals surface area contributed by atoms with E-state index in [9.17, 15) is 35.7 Å². The Balaban J connectivity index is 1.50. The first-order valence-corrected chi connectivity index (χ1v) is 13.9. The van der Waals surface area contributed by atoms with Gasteiger partial charge in [0.1, 0.15) is 67.1 Å². The van der Waals surface area contributed by atoms with Crippen LogP contribution in [0.2, 0.25) is 0 Å². The summed E-state index contributed by atoms with van der Waals surface area (Å²) in [7, 11) is 0. The van der Waals surface area contributed by atoms with Gasteiger partial charge in [-0.15, -0.1) is 0 Å². The number of rotatable bonds is 9. The van der Waals surface area contributed by atoms with Gasteiger partial charge in [-0.2, -0.15) is 0 Å². The minimum absolute atomic E-state index is 0.0889. The van der Waals surface area contributed by atoms with Gasteiger partial charge in [-0.3, -0.25) is 0 Å². The maximum atomic E-state index is 11.1. The van der Waals surface area contributed by atoms with Crippen LogP contribution in [0.4, 0.5) is 0 Å². The Bertz CT molecular complexity index is 868. The lowest BCUT2D eigenvalue weighted by atomic mass is 9.84. The number of hydrogen-bond donors (Lipinski definition) is 13. The van der Waals surface area contributed by atoms with Crippen molar-refractivity contribution in [3.05, 3.63) is 0 Å². The molecule has 42 heavy (non-hydrogen) atoms. The van der Waals surface area contributed by atoms with Crippen molar-refractivity contribution in [2.24, 2.45) is 34.4 Å². The summed E-state index contributed by atoms with van der Waals surface area (Å²) in [6.45, 7) is -0.967. The van der Waals surface area contributed by atoms with Gasteiger partial charge in [0.15, 0.2) is 18.9 Å². The van der Waals surface area contributed by atoms with E-state index in [0.29, 0.717) is 0 Å². The number of ether oxygens (including phenoxy) is 6. The zero-order valence-corrected chi connectivity index (χ0v) is 22.8. The summed E-state index contributed by atoms with van der Waals surface area (Å²) in [6.07, 6.45) is -19.8. The van der Waals surface area contributed by atoms with Gasteiger partial charge in [0, 0.05) is 25.2 Å². The Kier molecular flexibility index (Phi) is 11.5. The Labute approximate surface area is 241 Å². The second kappa shape index (κ2) is 14.1. The highest BCUT2D eigenvalue weighted by Gasteiger charge is 2.54. The predicted molar refractivity (Wildman–Crippen MR) is 138 cm³/mol. The molecule has 1 aliphatic carbocycles. The lowest BCUT2D eigenvalue weighted by Crippen LogP contribution is -2.68. The third kappa shape index (κ3) is 6.60. The average molecular weight is 615 g/mol. The van der Waals surface area contributed by atoms with Gasteiger partial charge in [0.25, 0.3) is 0 Å². The highest BCUT2D eigenvalue weighted by Crippen LogP contribution is 2.34. The van der Waals surface area contributed by atoms with E-state index in [1.807, 2.05) is 0 Å². The Hall–Kier alpha value is -0.760. The molecule has 4 fully saturated rings. The predicted octanol–water partition coefficient (Wildman–Crippen LogP) is -8.90. The van der Waals surface area contributed by atoms with Crippen molar-refractivity contribution in [2.75, 3.05) is 19.7 Å². The molecule has 0 bridgehead atoms. The van der Waals surface area contributed by atoms with Gasteiger partial charge in [-0.1, -0.05) is 0 Å². The van der Waals surface area contributed by atoms with E-state index >= 15 is 0 Å². The molecule has 246 valence electrons. The standard InChI is InChI=1S/C23H46N6O13/c24-2-7-13(32)15(34)10(28)21(37-7)40-18-6(27)1-5(26)12(31)20(18)42-23-17(36)19(9(4-30)39-23)41-22-11(29)16(35)14(33)8(3-25)38-22/h5-23,30-36H,1-4,24-29H2/t5-,6+,7-,8+,9-,10-,11+,12+,13-,14+,15-,16+,17-,18-,19-,20-,21-,22+,23+/m1/s1. The molecule has 19 nitrogen and oxygen atoms in total. The van der Waals surface area contributed by atoms with Gasteiger partial charge in [0.2, 0.25) is 0 Å². The Morgan fingerprint density at radius 3 is 1.45 bits per heavy atom. The Morgan fingerprint density at radius 2 is 0.976 bits per heavy atom. The summed E-state index contributed by atoms with van der Waals surface area (Å²) in [5.41, 5.74) is 35.6. The van der Waals surface area contributed by atoms with Crippen LogP contribution in [0.25, 0.3) is 0 Å². The van der Waals surface area contributed by atoms with Crippen LogP contribution in [0.3, 0.4) is 0 Å². The van der Waals surface area contributed by atoms with E-state index in [1.54, 1.807) is 0 Å². The Morgan fingerprint density at radius 1 is 0.524 bits per heavy atom. The molecule has 0 radical (unpaired) electrons. The van der Waals surface area contributed by atoms with Crippen molar-refractivity contribution in [1.29, 1.82) is 0 Å². The van der Waals surface area contributed by atoms with Crippen LogP contribution in [0.5, 0.6) is 0 Å². The zero-order chi connectivity index (χ0) is 31.0. The molecule has 0 spiro atoms. The second-order valence-electron chi connectivity index (χ2n) is 11.2. The van der Waals surface area contributed by atoms with Crippen molar-refractivity contribution in [3.8, 4) is 0 Å². The highest BCUT2D eigenvalue weighted by molar-refractivity contribution is 5.02. The van der Waals surface area contributed by atoms with Crippen molar-refractivity contribution in [1.82, 2.24) is 0 Å². The summed E-state index contributed by atoms with van der Waals surface area (Å²) < 4.78 is 34.6. The second-order valence-corrected chi connectivity index (χ2v) is 11.2. The fourth-order valence-electron chi connectivity index (χ4n) is 5.74. The smallest absolute Gasteiger partial charge is 0.187 e. The molecular weight excluding hydrogens is 568 g/mol. The largest absolute Gasteiger partial charge is 0.394 e. The maximum absolute atomic E-state index is 11.1. The van der Waals surface area contributed by atoms with Gasteiger partial charge in [-0.05, 0) is 6.42 Å². The van der Waals surface area contributed by atoms with Crippen LogP contribution in [-0.2, 0) is 28.4 Å². The van der Waals surface area contributed by atoms with E-state index in [0.717, 1.165) is 0 Å².